The minimum absolute atomic E-state index is 0.00711. The first kappa shape index (κ1) is 11.5. The van der Waals surface area contributed by atoms with E-state index in [-0.39, 0.29) is 6.61 Å². The monoisotopic (exact) mass is 210 g/mol. The van der Waals surface area contributed by atoms with E-state index in [0.717, 1.165) is 5.56 Å². The molecule has 1 rings (SSSR count). The van der Waals surface area contributed by atoms with Gasteiger partial charge in [0.05, 0.1) is 13.7 Å². The molecule has 1 aromatic rings. The van der Waals surface area contributed by atoms with Crippen LogP contribution >= 0.6 is 0 Å². The van der Waals surface area contributed by atoms with Crippen molar-refractivity contribution in [2.24, 2.45) is 0 Å². The lowest BCUT2D eigenvalue weighted by Gasteiger charge is -2.12. The van der Waals surface area contributed by atoms with Gasteiger partial charge in [-0.15, -0.1) is 0 Å². The van der Waals surface area contributed by atoms with Crippen molar-refractivity contribution in [2.45, 2.75) is 19.6 Å². The van der Waals surface area contributed by atoms with Gasteiger partial charge in [-0.05, 0) is 24.6 Å². The normalized spacial score (nSPS) is 11.9. The molecule has 4 nitrogen and oxygen atoms in total. The molecule has 0 aliphatic carbocycles. The second-order valence-electron chi connectivity index (χ2n) is 3.09. The number of methoxy groups -OCH3 is 1. The van der Waals surface area contributed by atoms with Crippen LogP contribution in [0.2, 0.25) is 0 Å². The number of benzene rings is 1. The number of carbonyl (C=O) groups is 1. The maximum Gasteiger partial charge on any atom is 0.346 e. The summed E-state index contributed by atoms with van der Waals surface area (Å²) in [4.78, 5) is 11.1. The predicted octanol–water partition coefficient (Wildman–Crippen LogP) is 1.12. The zero-order chi connectivity index (χ0) is 11.3. The van der Waals surface area contributed by atoms with Crippen molar-refractivity contribution >= 4 is 5.97 Å². The number of hydrogen-bond donors (Lipinski definition) is 1. The molecule has 0 amide bonds. The summed E-state index contributed by atoms with van der Waals surface area (Å²) >= 11 is 0. The topological polar surface area (TPSA) is 55.8 Å². The third-order valence-corrected chi connectivity index (χ3v) is 1.95. The maximum atomic E-state index is 11.1. The van der Waals surface area contributed by atoms with Crippen LogP contribution in [0.5, 0.6) is 5.75 Å². The van der Waals surface area contributed by atoms with Gasteiger partial charge in [-0.2, -0.15) is 0 Å². The molecule has 0 unspecified atom stereocenters. The van der Waals surface area contributed by atoms with Crippen LogP contribution < -0.4 is 4.74 Å². The van der Waals surface area contributed by atoms with Crippen molar-refractivity contribution in [2.75, 3.05) is 7.11 Å². The Bertz CT molecular complexity index is 318. The van der Waals surface area contributed by atoms with E-state index in [1.807, 2.05) is 0 Å². The number of ether oxygens (including phenoxy) is 2. The summed E-state index contributed by atoms with van der Waals surface area (Å²) in [6.45, 7) is 1.61. The van der Waals surface area contributed by atoms with Gasteiger partial charge in [-0.1, -0.05) is 12.1 Å². The van der Waals surface area contributed by atoms with Crippen LogP contribution in [0.4, 0.5) is 0 Å². The van der Waals surface area contributed by atoms with Gasteiger partial charge in [0.1, 0.15) is 5.75 Å². The maximum absolute atomic E-state index is 11.1. The Morgan fingerprint density at radius 3 is 2.47 bits per heavy atom. The minimum Gasteiger partial charge on any atom is -0.479 e. The molecule has 0 aliphatic heterocycles. The second-order valence-corrected chi connectivity index (χ2v) is 3.09. The Kier molecular flexibility index (Phi) is 4.12. The zero-order valence-corrected chi connectivity index (χ0v) is 8.77. The van der Waals surface area contributed by atoms with E-state index in [1.165, 1.54) is 7.11 Å². The molecule has 0 radical (unpaired) electrons. The molecular formula is C11H14O4. The van der Waals surface area contributed by atoms with Crippen molar-refractivity contribution in [3.8, 4) is 5.75 Å². The first-order chi connectivity index (χ1) is 7.17. The summed E-state index contributed by atoms with van der Waals surface area (Å²) in [7, 11) is 1.32. The smallest absolute Gasteiger partial charge is 0.346 e. The van der Waals surface area contributed by atoms with Crippen LogP contribution in [0.25, 0.3) is 0 Å². The van der Waals surface area contributed by atoms with Gasteiger partial charge < -0.3 is 14.6 Å². The molecule has 0 spiro atoms. The van der Waals surface area contributed by atoms with E-state index < -0.39 is 12.1 Å². The van der Waals surface area contributed by atoms with E-state index in [2.05, 4.69) is 4.74 Å². The molecular weight excluding hydrogens is 196 g/mol. The van der Waals surface area contributed by atoms with Gasteiger partial charge in [-0.25, -0.2) is 4.79 Å². The number of aliphatic hydroxyl groups is 1. The molecule has 4 heteroatoms. The van der Waals surface area contributed by atoms with Crippen LogP contribution in [0.1, 0.15) is 12.5 Å². The summed E-state index contributed by atoms with van der Waals surface area (Å²) in [6, 6.07) is 6.87. The Labute approximate surface area is 88.4 Å². The first-order valence-electron chi connectivity index (χ1n) is 4.61. The average molecular weight is 210 g/mol. The van der Waals surface area contributed by atoms with Crippen LogP contribution in [-0.2, 0) is 16.1 Å². The SMILES string of the molecule is COC(=O)[C@@H](C)Oc1ccc(CO)cc1. The van der Waals surface area contributed by atoms with E-state index >= 15 is 0 Å². The Hall–Kier alpha value is -1.55. The fraction of sp³-hybridized carbons (Fsp3) is 0.364. The molecule has 1 aromatic carbocycles. The fourth-order valence-corrected chi connectivity index (χ4v) is 1.09. The highest BCUT2D eigenvalue weighted by molar-refractivity contribution is 5.74. The van der Waals surface area contributed by atoms with Crippen LogP contribution in [0.3, 0.4) is 0 Å². The standard InChI is InChI=1S/C11H14O4/c1-8(11(13)14-2)15-10-5-3-9(7-12)4-6-10/h3-6,8,12H,7H2,1-2H3/t8-/m1/s1. The Balaban J connectivity index is 2.60. The quantitative estimate of drug-likeness (QED) is 0.756. The van der Waals surface area contributed by atoms with Gasteiger partial charge in [0.25, 0.3) is 0 Å². The molecule has 0 aliphatic rings. The fourth-order valence-electron chi connectivity index (χ4n) is 1.09. The summed E-state index contributed by atoms with van der Waals surface area (Å²) in [6.07, 6.45) is -0.630. The van der Waals surface area contributed by atoms with Gasteiger partial charge in [0.2, 0.25) is 0 Å². The van der Waals surface area contributed by atoms with Crippen LogP contribution in [0.15, 0.2) is 24.3 Å². The second kappa shape index (κ2) is 5.36. The minimum atomic E-state index is -0.630. The number of esters is 1. The zero-order valence-electron chi connectivity index (χ0n) is 8.77. The summed E-state index contributed by atoms with van der Waals surface area (Å²) < 4.78 is 9.84. The van der Waals surface area contributed by atoms with Crippen molar-refractivity contribution in [1.29, 1.82) is 0 Å². The molecule has 1 N–H and O–H groups in total. The third-order valence-electron chi connectivity index (χ3n) is 1.95. The van der Waals surface area contributed by atoms with Crippen molar-refractivity contribution < 1.29 is 19.4 Å². The number of hydrogen-bond acceptors (Lipinski definition) is 4. The largest absolute Gasteiger partial charge is 0.479 e. The van der Waals surface area contributed by atoms with E-state index in [1.54, 1.807) is 31.2 Å². The summed E-state index contributed by atoms with van der Waals surface area (Å²) in [5.74, 6) is 0.159. The highest BCUT2D eigenvalue weighted by Crippen LogP contribution is 2.14. The van der Waals surface area contributed by atoms with E-state index in [9.17, 15) is 4.79 Å². The molecule has 1 atom stereocenters. The summed E-state index contributed by atoms with van der Waals surface area (Å²) in [5.41, 5.74) is 0.799. The number of rotatable bonds is 4. The van der Waals surface area contributed by atoms with Crippen molar-refractivity contribution in [3.63, 3.8) is 0 Å². The average Bonchev–Trinajstić information content (AvgIpc) is 2.29. The lowest BCUT2D eigenvalue weighted by Crippen LogP contribution is -2.24. The van der Waals surface area contributed by atoms with Crippen molar-refractivity contribution in [1.82, 2.24) is 0 Å². The molecule has 0 heterocycles. The Morgan fingerprint density at radius 2 is 2.00 bits per heavy atom. The molecule has 0 saturated carbocycles. The predicted molar refractivity (Wildman–Crippen MR) is 54.5 cm³/mol. The van der Waals surface area contributed by atoms with Gasteiger partial charge in [0, 0.05) is 0 Å². The first-order valence-corrected chi connectivity index (χ1v) is 4.61. The molecule has 0 bridgehead atoms. The van der Waals surface area contributed by atoms with Gasteiger partial charge >= 0.3 is 5.97 Å². The van der Waals surface area contributed by atoms with Crippen LogP contribution in [-0.4, -0.2) is 24.3 Å². The number of carbonyl (C=O) groups excluding carboxylic acids is 1. The van der Waals surface area contributed by atoms with E-state index in [0.29, 0.717) is 5.75 Å². The molecule has 0 saturated heterocycles. The van der Waals surface area contributed by atoms with E-state index in [4.69, 9.17) is 9.84 Å². The number of aliphatic hydroxyl groups excluding tert-OH is 1. The molecule has 0 aromatic heterocycles. The highest BCUT2D eigenvalue weighted by atomic mass is 16.6. The molecule has 82 valence electrons. The highest BCUT2D eigenvalue weighted by Gasteiger charge is 2.14. The lowest BCUT2D eigenvalue weighted by molar-refractivity contribution is -0.147. The third kappa shape index (κ3) is 3.25. The van der Waals surface area contributed by atoms with Crippen LogP contribution in [0, 0.1) is 0 Å². The molecule has 0 fully saturated rings. The van der Waals surface area contributed by atoms with Gasteiger partial charge in [-0.3, -0.25) is 0 Å². The lowest BCUT2D eigenvalue weighted by atomic mass is 10.2. The summed E-state index contributed by atoms with van der Waals surface area (Å²) in [5, 5.41) is 8.82. The van der Waals surface area contributed by atoms with Gasteiger partial charge in [0.15, 0.2) is 6.10 Å². The van der Waals surface area contributed by atoms with Crippen molar-refractivity contribution in [3.05, 3.63) is 29.8 Å². The Morgan fingerprint density at radius 1 is 1.40 bits per heavy atom. The molecule has 15 heavy (non-hydrogen) atoms.